The van der Waals surface area contributed by atoms with Crippen LogP contribution < -0.4 is 9.46 Å². The lowest BCUT2D eigenvalue weighted by molar-refractivity contribution is 0.414. The lowest BCUT2D eigenvalue weighted by Crippen LogP contribution is -2.12. The molecule has 0 saturated carbocycles. The molecule has 0 saturated heterocycles. The number of sulfonamides is 1. The summed E-state index contributed by atoms with van der Waals surface area (Å²) in [6.45, 7) is 0. The highest BCUT2D eigenvalue weighted by Gasteiger charge is 2.15. The third kappa shape index (κ3) is 3.47. The molecule has 0 radical (unpaired) electrons. The Hall–Kier alpha value is -3.39. The Morgan fingerprint density at radius 1 is 1.04 bits per heavy atom. The van der Waals surface area contributed by atoms with Gasteiger partial charge in [0.25, 0.3) is 10.0 Å². The first-order valence-electron chi connectivity index (χ1n) is 8.04. The normalized spacial score (nSPS) is 11.4. The van der Waals surface area contributed by atoms with Gasteiger partial charge in [0.2, 0.25) is 5.89 Å². The Kier molecular flexibility index (Phi) is 4.25. The maximum absolute atomic E-state index is 12.6. The number of nitrogens with zero attached hydrogens (tertiary/aromatic N) is 2. The number of benzene rings is 2. The molecule has 0 bridgehead atoms. The number of rotatable bonds is 5. The van der Waals surface area contributed by atoms with Gasteiger partial charge in [0, 0.05) is 17.4 Å². The zero-order valence-corrected chi connectivity index (χ0v) is 15.1. The van der Waals surface area contributed by atoms with Crippen LogP contribution in [0.1, 0.15) is 0 Å². The minimum Gasteiger partial charge on any atom is -0.497 e. The van der Waals surface area contributed by atoms with Crippen LogP contribution in [0.4, 0.5) is 5.69 Å². The van der Waals surface area contributed by atoms with E-state index in [1.165, 1.54) is 19.2 Å². The van der Waals surface area contributed by atoms with Gasteiger partial charge >= 0.3 is 0 Å². The largest absolute Gasteiger partial charge is 0.497 e. The maximum Gasteiger partial charge on any atom is 0.261 e. The summed E-state index contributed by atoms with van der Waals surface area (Å²) in [5, 5.41) is 0. The Balaban J connectivity index is 1.63. The molecule has 0 amide bonds. The summed E-state index contributed by atoms with van der Waals surface area (Å²) in [5.74, 6) is 0.953. The van der Waals surface area contributed by atoms with Gasteiger partial charge in [-0.15, -0.1) is 0 Å². The van der Waals surface area contributed by atoms with Crippen LogP contribution in [0.2, 0.25) is 0 Å². The van der Waals surface area contributed by atoms with Gasteiger partial charge in [-0.3, -0.25) is 4.72 Å². The van der Waals surface area contributed by atoms with Crippen molar-refractivity contribution in [2.45, 2.75) is 4.90 Å². The quantitative estimate of drug-likeness (QED) is 0.566. The molecule has 0 atom stereocenters. The number of hydrogen-bond acceptors (Lipinski definition) is 6. The zero-order chi connectivity index (χ0) is 18.9. The van der Waals surface area contributed by atoms with E-state index >= 15 is 0 Å². The lowest BCUT2D eigenvalue weighted by atomic mass is 10.2. The number of fused-ring (bicyclic) bond motifs is 1. The molecule has 4 aromatic rings. The van der Waals surface area contributed by atoms with Gasteiger partial charge in [-0.05, 0) is 54.6 Å². The van der Waals surface area contributed by atoms with Gasteiger partial charge in [-0.25, -0.2) is 13.4 Å². The Morgan fingerprint density at radius 3 is 2.59 bits per heavy atom. The van der Waals surface area contributed by atoms with Crippen LogP contribution in [0, 0.1) is 0 Å². The summed E-state index contributed by atoms with van der Waals surface area (Å²) in [5.41, 5.74) is 2.11. The number of hydrogen-bond donors (Lipinski definition) is 1. The van der Waals surface area contributed by atoms with Crippen LogP contribution in [0.15, 0.2) is 76.2 Å². The second-order valence-electron chi connectivity index (χ2n) is 5.71. The Morgan fingerprint density at radius 2 is 1.85 bits per heavy atom. The third-order valence-electron chi connectivity index (χ3n) is 3.90. The molecule has 0 spiro atoms. The first-order chi connectivity index (χ1) is 13.0. The molecule has 0 unspecified atom stereocenters. The average molecular weight is 381 g/mol. The van der Waals surface area contributed by atoms with E-state index in [0.29, 0.717) is 34.1 Å². The first kappa shape index (κ1) is 17.0. The molecule has 0 aliphatic carbocycles. The monoisotopic (exact) mass is 381 g/mol. The summed E-state index contributed by atoms with van der Waals surface area (Å²) >= 11 is 0. The highest BCUT2D eigenvalue weighted by Crippen LogP contribution is 2.26. The molecule has 8 heteroatoms. The number of methoxy groups -OCH3 is 1. The number of pyridine rings is 1. The SMILES string of the molecule is COc1ccc(S(=O)(=O)Nc2cccc(-c3nc4ncccc4o3)c2)cc1. The number of ether oxygens (including phenoxy) is 1. The molecular formula is C19H15N3O4S. The Bertz CT molecular complexity index is 1170. The molecule has 4 rings (SSSR count). The molecule has 0 fully saturated rings. The molecule has 2 aromatic carbocycles. The number of oxazole rings is 1. The summed E-state index contributed by atoms with van der Waals surface area (Å²) in [6, 6.07) is 16.5. The summed E-state index contributed by atoms with van der Waals surface area (Å²) in [7, 11) is -2.21. The van der Waals surface area contributed by atoms with Crippen molar-refractivity contribution in [1.82, 2.24) is 9.97 Å². The van der Waals surface area contributed by atoms with Gasteiger partial charge < -0.3 is 9.15 Å². The summed E-state index contributed by atoms with van der Waals surface area (Å²) < 4.78 is 38.5. The molecule has 27 heavy (non-hydrogen) atoms. The second-order valence-corrected chi connectivity index (χ2v) is 7.39. The van der Waals surface area contributed by atoms with Crippen molar-refractivity contribution in [2.24, 2.45) is 0 Å². The van der Waals surface area contributed by atoms with E-state index in [1.54, 1.807) is 54.7 Å². The van der Waals surface area contributed by atoms with E-state index in [-0.39, 0.29) is 4.90 Å². The van der Waals surface area contributed by atoms with Gasteiger partial charge in [0.05, 0.1) is 12.0 Å². The molecule has 2 aromatic heterocycles. The fourth-order valence-electron chi connectivity index (χ4n) is 2.58. The molecule has 136 valence electrons. The number of nitrogens with one attached hydrogen (secondary N) is 1. The van der Waals surface area contributed by atoms with E-state index in [2.05, 4.69) is 14.7 Å². The smallest absolute Gasteiger partial charge is 0.261 e. The average Bonchev–Trinajstić information content (AvgIpc) is 3.12. The first-order valence-corrected chi connectivity index (χ1v) is 9.52. The molecule has 2 heterocycles. The van der Waals surface area contributed by atoms with Crippen LogP contribution in [-0.2, 0) is 10.0 Å². The maximum atomic E-state index is 12.6. The second kappa shape index (κ2) is 6.73. The predicted molar refractivity (Wildman–Crippen MR) is 101 cm³/mol. The zero-order valence-electron chi connectivity index (χ0n) is 14.3. The van der Waals surface area contributed by atoms with Crippen molar-refractivity contribution in [3.05, 3.63) is 66.9 Å². The van der Waals surface area contributed by atoms with Crippen molar-refractivity contribution >= 4 is 26.9 Å². The van der Waals surface area contributed by atoms with Crippen molar-refractivity contribution < 1.29 is 17.6 Å². The minimum absolute atomic E-state index is 0.139. The van der Waals surface area contributed by atoms with Crippen molar-refractivity contribution in [1.29, 1.82) is 0 Å². The molecule has 7 nitrogen and oxygen atoms in total. The molecule has 0 aliphatic heterocycles. The standard InChI is InChI=1S/C19H15N3O4S/c1-25-15-7-9-16(10-8-15)27(23,24)22-14-5-2-4-13(12-14)19-21-18-17(26-19)6-3-11-20-18/h2-12,22H,1H3. The van der Waals surface area contributed by atoms with Crippen molar-refractivity contribution in [2.75, 3.05) is 11.8 Å². The van der Waals surface area contributed by atoms with E-state index in [4.69, 9.17) is 9.15 Å². The van der Waals surface area contributed by atoms with Gasteiger partial charge in [0.15, 0.2) is 11.2 Å². The van der Waals surface area contributed by atoms with Gasteiger partial charge in [0.1, 0.15) is 5.75 Å². The molecule has 1 N–H and O–H groups in total. The van der Waals surface area contributed by atoms with Crippen molar-refractivity contribution in [3.63, 3.8) is 0 Å². The van der Waals surface area contributed by atoms with E-state index < -0.39 is 10.0 Å². The fraction of sp³-hybridized carbons (Fsp3) is 0.0526. The van der Waals surface area contributed by atoms with Crippen LogP contribution >= 0.6 is 0 Å². The fourth-order valence-corrected chi connectivity index (χ4v) is 3.63. The lowest BCUT2D eigenvalue weighted by Gasteiger charge is -2.09. The van der Waals surface area contributed by atoms with Gasteiger partial charge in [-0.1, -0.05) is 6.07 Å². The third-order valence-corrected chi connectivity index (χ3v) is 5.29. The number of anilines is 1. The highest BCUT2D eigenvalue weighted by molar-refractivity contribution is 7.92. The van der Waals surface area contributed by atoms with Crippen LogP contribution in [0.5, 0.6) is 5.75 Å². The summed E-state index contributed by atoms with van der Waals surface area (Å²) in [6.07, 6.45) is 1.63. The molecular weight excluding hydrogens is 366 g/mol. The van der Waals surface area contributed by atoms with E-state index in [1.807, 2.05) is 0 Å². The number of aromatic nitrogens is 2. The van der Waals surface area contributed by atoms with Gasteiger partial charge in [-0.2, -0.15) is 4.98 Å². The minimum atomic E-state index is -3.73. The van der Waals surface area contributed by atoms with E-state index in [9.17, 15) is 8.42 Å². The molecule has 0 aliphatic rings. The van der Waals surface area contributed by atoms with Crippen LogP contribution in [-0.4, -0.2) is 25.5 Å². The predicted octanol–water partition coefficient (Wildman–Crippen LogP) is 3.70. The highest BCUT2D eigenvalue weighted by atomic mass is 32.2. The Labute approximate surface area is 155 Å². The van der Waals surface area contributed by atoms with Crippen molar-refractivity contribution in [3.8, 4) is 17.2 Å². The van der Waals surface area contributed by atoms with E-state index in [0.717, 1.165) is 0 Å². The van der Waals surface area contributed by atoms with Crippen LogP contribution in [0.25, 0.3) is 22.7 Å². The topological polar surface area (TPSA) is 94.3 Å². The van der Waals surface area contributed by atoms with Crippen LogP contribution in [0.3, 0.4) is 0 Å². The summed E-state index contributed by atoms with van der Waals surface area (Å²) in [4.78, 5) is 8.60.